The number of imidazole rings is 1. The maximum absolute atomic E-state index is 5.45. The Hall–Kier alpha value is -2.29. The number of methoxy groups -OCH3 is 1. The number of hydrogen-bond acceptors (Lipinski definition) is 3. The molecule has 0 aliphatic rings. The molecule has 6 nitrogen and oxygen atoms in total. The molecule has 0 spiro atoms. The van der Waals surface area contributed by atoms with E-state index in [4.69, 9.17) is 4.74 Å². The maximum atomic E-state index is 5.45. The second kappa shape index (κ2) is 9.59. The Labute approximate surface area is 177 Å². The van der Waals surface area contributed by atoms with Crippen molar-refractivity contribution in [2.24, 2.45) is 4.99 Å². The highest BCUT2D eigenvalue weighted by Gasteiger charge is 2.07. The molecular weight excluding hydrogens is 453 g/mol. The highest BCUT2D eigenvalue weighted by atomic mass is 127. The van der Waals surface area contributed by atoms with Crippen LogP contribution in [0.25, 0.3) is 5.65 Å². The average molecular weight is 479 g/mol. The third kappa shape index (κ3) is 5.12. The lowest BCUT2D eigenvalue weighted by molar-refractivity contribution is 0.408. The largest absolute Gasteiger partial charge is 0.496 e. The van der Waals surface area contributed by atoms with Crippen LogP contribution in [-0.4, -0.2) is 29.5 Å². The summed E-state index contributed by atoms with van der Waals surface area (Å²) in [5.41, 5.74) is 5.35. The first-order chi connectivity index (χ1) is 12.6. The first-order valence-corrected chi connectivity index (χ1v) is 8.62. The van der Waals surface area contributed by atoms with Gasteiger partial charge in [0.25, 0.3) is 0 Å². The minimum absolute atomic E-state index is 0. The van der Waals surface area contributed by atoms with E-state index in [2.05, 4.69) is 57.1 Å². The average Bonchev–Trinajstić information content (AvgIpc) is 3.07. The number of aromatic nitrogens is 2. The van der Waals surface area contributed by atoms with Crippen molar-refractivity contribution in [3.63, 3.8) is 0 Å². The molecule has 0 aliphatic carbocycles. The zero-order valence-corrected chi connectivity index (χ0v) is 18.4. The summed E-state index contributed by atoms with van der Waals surface area (Å²) in [5, 5.41) is 6.63. The van der Waals surface area contributed by atoms with E-state index >= 15 is 0 Å². The van der Waals surface area contributed by atoms with Crippen LogP contribution in [0.3, 0.4) is 0 Å². The summed E-state index contributed by atoms with van der Waals surface area (Å²) in [6, 6.07) is 12.3. The fraction of sp³-hybridized carbons (Fsp3) is 0.300. The van der Waals surface area contributed by atoms with Crippen LogP contribution in [0, 0.1) is 13.8 Å². The smallest absolute Gasteiger partial charge is 0.191 e. The minimum atomic E-state index is 0. The number of hydrogen-bond donors (Lipinski definition) is 2. The molecule has 3 aromatic rings. The van der Waals surface area contributed by atoms with Crippen molar-refractivity contribution in [1.29, 1.82) is 0 Å². The SMILES string of the molecule is CN=C(NCc1cn2c(C)cccc2n1)NCc1ccc(C)cc1OC.I. The molecule has 7 heteroatoms. The van der Waals surface area contributed by atoms with Gasteiger partial charge in [0.1, 0.15) is 11.4 Å². The Morgan fingerprint density at radius 2 is 1.93 bits per heavy atom. The van der Waals surface area contributed by atoms with Crippen molar-refractivity contribution in [3.8, 4) is 5.75 Å². The van der Waals surface area contributed by atoms with Gasteiger partial charge in [-0.1, -0.05) is 18.2 Å². The van der Waals surface area contributed by atoms with Crippen LogP contribution in [0.15, 0.2) is 47.6 Å². The zero-order chi connectivity index (χ0) is 18.5. The number of fused-ring (bicyclic) bond motifs is 1. The summed E-state index contributed by atoms with van der Waals surface area (Å²) < 4.78 is 7.54. The van der Waals surface area contributed by atoms with Gasteiger partial charge >= 0.3 is 0 Å². The number of pyridine rings is 1. The number of benzene rings is 1. The molecule has 144 valence electrons. The summed E-state index contributed by atoms with van der Waals surface area (Å²) >= 11 is 0. The Morgan fingerprint density at radius 3 is 2.63 bits per heavy atom. The molecule has 0 unspecified atom stereocenters. The first kappa shape index (κ1) is 21.0. The molecule has 0 saturated carbocycles. The maximum Gasteiger partial charge on any atom is 0.191 e. The zero-order valence-electron chi connectivity index (χ0n) is 16.1. The monoisotopic (exact) mass is 479 g/mol. The van der Waals surface area contributed by atoms with Crippen LogP contribution in [0.2, 0.25) is 0 Å². The number of nitrogens with one attached hydrogen (secondary N) is 2. The van der Waals surface area contributed by atoms with Gasteiger partial charge in [0, 0.05) is 31.0 Å². The predicted molar refractivity (Wildman–Crippen MR) is 120 cm³/mol. The Morgan fingerprint density at radius 1 is 1.15 bits per heavy atom. The Balaban J connectivity index is 0.00000261. The molecule has 0 fully saturated rings. The molecule has 1 aromatic carbocycles. The number of aryl methyl sites for hydroxylation is 2. The van der Waals surface area contributed by atoms with Crippen LogP contribution >= 0.6 is 24.0 Å². The lowest BCUT2D eigenvalue weighted by Crippen LogP contribution is -2.36. The topological polar surface area (TPSA) is 63.0 Å². The number of ether oxygens (including phenoxy) is 1. The van der Waals surface area contributed by atoms with Gasteiger partial charge in [-0.25, -0.2) is 4.98 Å². The van der Waals surface area contributed by atoms with Crippen LogP contribution in [0.4, 0.5) is 0 Å². The normalized spacial score (nSPS) is 11.2. The molecule has 27 heavy (non-hydrogen) atoms. The highest BCUT2D eigenvalue weighted by molar-refractivity contribution is 14.0. The molecule has 2 N–H and O–H groups in total. The van der Waals surface area contributed by atoms with Gasteiger partial charge in [-0.15, -0.1) is 24.0 Å². The van der Waals surface area contributed by atoms with E-state index in [-0.39, 0.29) is 24.0 Å². The Kier molecular flexibility index (Phi) is 7.46. The summed E-state index contributed by atoms with van der Waals surface area (Å²) in [6.07, 6.45) is 2.05. The van der Waals surface area contributed by atoms with Crippen molar-refractivity contribution >= 4 is 35.6 Å². The van der Waals surface area contributed by atoms with Crippen LogP contribution in [-0.2, 0) is 13.1 Å². The van der Waals surface area contributed by atoms with Gasteiger partial charge in [0.2, 0.25) is 0 Å². The third-order valence-corrected chi connectivity index (χ3v) is 4.30. The van der Waals surface area contributed by atoms with Crippen molar-refractivity contribution in [1.82, 2.24) is 20.0 Å². The minimum Gasteiger partial charge on any atom is -0.496 e. The van der Waals surface area contributed by atoms with Gasteiger partial charge < -0.3 is 19.8 Å². The van der Waals surface area contributed by atoms with Gasteiger partial charge in [-0.3, -0.25) is 4.99 Å². The van der Waals surface area contributed by atoms with Crippen LogP contribution < -0.4 is 15.4 Å². The van der Waals surface area contributed by atoms with E-state index in [1.807, 2.05) is 24.4 Å². The van der Waals surface area contributed by atoms with Crippen molar-refractivity contribution in [2.75, 3.05) is 14.2 Å². The lowest BCUT2D eigenvalue weighted by Gasteiger charge is -2.13. The third-order valence-electron chi connectivity index (χ3n) is 4.30. The van der Waals surface area contributed by atoms with Gasteiger partial charge in [0.15, 0.2) is 5.96 Å². The number of guanidine groups is 1. The summed E-state index contributed by atoms with van der Waals surface area (Å²) in [7, 11) is 3.45. The molecule has 0 atom stereocenters. The van der Waals surface area contributed by atoms with Crippen molar-refractivity contribution in [2.45, 2.75) is 26.9 Å². The number of nitrogens with zero attached hydrogens (tertiary/aromatic N) is 3. The van der Waals surface area contributed by atoms with Crippen molar-refractivity contribution in [3.05, 3.63) is 65.1 Å². The highest BCUT2D eigenvalue weighted by Crippen LogP contribution is 2.19. The molecule has 0 aliphatic heterocycles. The molecule has 2 heterocycles. The molecule has 0 bridgehead atoms. The fourth-order valence-corrected chi connectivity index (χ4v) is 2.86. The molecule has 0 radical (unpaired) electrons. The lowest BCUT2D eigenvalue weighted by atomic mass is 10.1. The van der Waals surface area contributed by atoms with Gasteiger partial charge in [-0.2, -0.15) is 0 Å². The number of aliphatic imine (C=N–C) groups is 1. The van der Waals surface area contributed by atoms with Crippen LogP contribution in [0.5, 0.6) is 5.75 Å². The fourth-order valence-electron chi connectivity index (χ4n) is 2.86. The van der Waals surface area contributed by atoms with Crippen molar-refractivity contribution < 1.29 is 4.74 Å². The second-order valence-electron chi connectivity index (χ2n) is 6.22. The van der Waals surface area contributed by atoms with E-state index in [0.29, 0.717) is 13.1 Å². The van der Waals surface area contributed by atoms with Gasteiger partial charge in [0.05, 0.1) is 19.3 Å². The predicted octanol–water partition coefficient (Wildman–Crippen LogP) is 3.44. The summed E-state index contributed by atoms with van der Waals surface area (Å²) in [4.78, 5) is 8.91. The van der Waals surface area contributed by atoms with Crippen LogP contribution in [0.1, 0.15) is 22.5 Å². The van der Waals surface area contributed by atoms with E-state index in [9.17, 15) is 0 Å². The van der Waals surface area contributed by atoms with Gasteiger partial charge in [-0.05, 0) is 37.6 Å². The molecule has 2 aromatic heterocycles. The quantitative estimate of drug-likeness (QED) is 0.335. The molecule has 3 rings (SSSR count). The van der Waals surface area contributed by atoms with E-state index in [1.165, 1.54) is 5.56 Å². The standard InChI is InChI=1S/C20H25N5O.HI/c1-14-8-9-16(18(10-14)26-4)11-22-20(21-3)23-12-17-13-25-15(2)6-5-7-19(25)24-17;/h5-10,13H,11-12H2,1-4H3,(H2,21,22,23);1H. The summed E-state index contributed by atoms with van der Waals surface area (Å²) in [6.45, 7) is 5.36. The van der Waals surface area contributed by atoms with E-state index in [1.54, 1.807) is 14.2 Å². The second-order valence-corrected chi connectivity index (χ2v) is 6.22. The number of halogens is 1. The molecular formula is C20H26IN5O. The molecule has 0 saturated heterocycles. The first-order valence-electron chi connectivity index (χ1n) is 8.62. The van der Waals surface area contributed by atoms with E-state index in [0.717, 1.165) is 34.3 Å². The molecule has 0 amide bonds. The number of rotatable bonds is 5. The Bertz CT molecular complexity index is 935. The summed E-state index contributed by atoms with van der Waals surface area (Å²) in [5.74, 6) is 1.60. The van der Waals surface area contributed by atoms with E-state index < -0.39 is 0 Å².